The standard InChI is InChI=1S/C11H15N5O/c1-4-9-5-12-10(17-9)6-13-11-14-7(2)8(3)15-16-11/h5H,4,6H2,1-3H3,(H,13,14,16). The molecule has 17 heavy (non-hydrogen) atoms. The maximum Gasteiger partial charge on any atom is 0.243 e. The van der Waals surface area contributed by atoms with Crippen LogP contribution in [0.2, 0.25) is 0 Å². The van der Waals surface area contributed by atoms with Gasteiger partial charge >= 0.3 is 0 Å². The average molecular weight is 233 g/mol. The number of aryl methyl sites for hydroxylation is 3. The van der Waals surface area contributed by atoms with E-state index in [-0.39, 0.29) is 0 Å². The molecule has 0 amide bonds. The Kier molecular flexibility index (Phi) is 3.32. The van der Waals surface area contributed by atoms with Crippen LogP contribution < -0.4 is 5.32 Å². The fraction of sp³-hybridized carbons (Fsp3) is 0.455. The number of oxazole rings is 1. The van der Waals surface area contributed by atoms with Crippen molar-refractivity contribution in [3.63, 3.8) is 0 Å². The molecule has 90 valence electrons. The van der Waals surface area contributed by atoms with Crippen molar-refractivity contribution in [3.8, 4) is 0 Å². The van der Waals surface area contributed by atoms with E-state index in [1.807, 2.05) is 20.8 Å². The number of nitrogens with one attached hydrogen (secondary N) is 1. The summed E-state index contributed by atoms with van der Waals surface area (Å²) in [7, 11) is 0. The molecule has 0 spiro atoms. The molecule has 0 aliphatic heterocycles. The zero-order valence-electron chi connectivity index (χ0n) is 10.2. The largest absolute Gasteiger partial charge is 0.444 e. The smallest absolute Gasteiger partial charge is 0.243 e. The molecule has 0 radical (unpaired) electrons. The maximum absolute atomic E-state index is 5.46. The normalized spacial score (nSPS) is 10.5. The average Bonchev–Trinajstić information content (AvgIpc) is 2.79. The predicted octanol–water partition coefficient (Wildman–Crippen LogP) is 1.65. The lowest BCUT2D eigenvalue weighted by Crippen LogP contribution is -2.07. The number of rotatable bonds is 4. The van der Waals surface area contributed by atoms with Crippen LogP contribution in [0.25, 0.3) is 0 Å². The highest BCUT2D eigenvalue weighted by molar-refractivity contribution is 5.24. The minimum absolute atomic E-state index is 0.462. The zero-order chi connectivity index (χ0) is 12.3. The monoisotopic (exact) mass is 233 g/mol. The van der Waals surface area contributed by atoms with Crippen molar-refractivity contribution in [2.75, 3.05) is 5.32 Å². The fourth-order valence-corrected chi connectivity index (χ4v) is 1.28. The Morgan fingerprint density at radius 2 is 2.06 bits per heavy atom. The lowest BCUT2D eigenvalue weighted by Gasteiger charge is -2.03. The van der Waals surface area contributed by atoms with Gasteiger partial charge in [-0.05, 0) is 13.8 Å². The van der Waals surface area contributed by atoms with Crippen molar-refractivity contribution in [2.24, 2.45) is 0 Å². The van der Waals surface area contributed by atoms with Gasteiger partial charge in [0.2, 0.25) is 11.8 Å². The second-order valence-electron chi connectivity index (χ2n) is 3.73. The van der Waals surface area contributed by atoms with Crippen molar-refractivity contribution in [1.29, 1.82) is 0 Å². The van der Waals surface area contributed by atoms with E-state index in [9.17, 15) is 0 Å². The molecule has 0 unspecified atom stereocenters. The summed E-state index contributed by atoms with van der Waals surface area (Å²) in [4.78, 5) is 8.40. The first kappa shape index (κ1) is 11.5. The van der Waals surface area contributed by atoms with Crippen molar-refractivity contribution in [3.05, 3.63) is 29.2 Å². The van der Waals surface area contributed by atoms with Crippen molar-refractivity contribution < 1.29 is 4.42 Å². The van der Waals surface area contributed by atoms with Gasteiger partial charge in [0.25, 0.3) is 0 Å². The van der Waals surface area contributed by atoms with Crippen LogP contribution in [0.3, 0.4) is 0 Å². The zero-order valence-corrected chi connectivity index (χ0v) is 10.2. The highest BCUT2D eigenvalue weighted by Crippen LogP contribution is 2.07. The van der Waals surface area contributed by atoms with Gasteiger partial charge in [-0.25, -0.2) is 9.97 Å². The van der Waals surface area contributed by atoms with Crippen LogP contribution in [0.1, 0.15) is 30.0 Å². The lowest BCUT2D eigenvalue weighted by atomic mass is 10.4. The molecule has 1 N–H and O–H groups in total. The van der Waals surface area contributed by atoms with Crippen LogP contribution in [-0.4, -0.2) is 20.2 Å². The molecule has 2 rings (SSSR count). The summed E-state index contributed by atoms with van der Waals surface area (Å²) in [5.41, 5.74) is 1.70. The topological polar surface area (TPSA) is 76.7 Å². The van der Waals surface area contributed by atoms with Gasteiger partial charge < -0.3 is 9.73 Å². The van der Waals surface area contributed by atoms with Crippen LogP contribution in [0, 0.1) is 13.8 Å². The van der Waals surface area contributed by atoms with E-state index >= 15 is 0 Å². The molecule has 2 aromatic heterocycles. The second kappa shape index (κ2) is 4.90. The molecule has 0 saturated heterocycles. The number of anilines is 1. The Hall–Kier alpha value is -1.98. The van der Waals surface area contributed by atoms with Crippen LogP contribution in [0.4, 0.5) is 5.95 Å². The van der Waals surface area contributed by atoms with E-state index in [1.165, 1.54) is 0 Å². The summed E-state index contributed by atoms with van der Waals surface area (Å²) >= 11 is 0. The van der Waals surface area contributed by atoms with Crippen molar-refractivity contribution in [1.82, 2.24) is 20.2 Å². The van der Waals surface area contributed by atoms with Crippen LogP contribution in [0.15, 0.2) is 10.6 Å². The summed E-state index contributed by atoms with van der Waals surface area (Å²) in [6, 6.07) is 0. The fourth-order valence-electron chi connectivity index (χ4n) is 1.28. The molecular weight excluding hydrogens is 218 g/mol. The third-order valence-electron chi connectivity index (χ3n) is 2.44. The SMILES string of the molecule is CCc1cnc(CNc2nnc(C)c(C)n2)o1. The molecule has 0 fully saturated rings. The first-order valence-electron chi connectivity index (χ1n) is 5.54. The maximum atomic E-state index is 5.46. The van der Waals surface area contributed by atoms with Crippen LogP contribution >= 0.6 is 0 Å². The number of hydrogen-bond donors (Lipinski definition) is 1. The van der Waals surface area contributed by atoms with E-state index in [0.29, 0.717) is 18.4 Å². The second-order valence-corrected chi connectivity index (χ2v) is 3.73. The molecule has 0 aliphatic carbocycles. The minimum atomic E-state index is 0.462. The molecule has 6 nitrogen and oxygen atoms in total. The summed E-state index contributed by atoms with van der Waals surface area (Å²) in [5, 5.41) is 11.0. The van der Waals surface area contributed by atoms with Crippen molar-refractivity contribution in [2.45, 2.75) is 33.7 Å². The number of nitrogens with zero attached hydrogens (tertiary/aromatic N) is 4. The molecule has 0 aromatic carbocycles. The van der Waals surface area contributed by atoms with Gasteiger partial charge in [-0.15, -0.1) is 5.10 Å². The third kappa shape index (κ3) is 2.77. The van der Waals surface area contributed by atoms with E-state index in [4.69, 9.17) is 4.42 Å². The summed E-state index contributed by atoms with van der Waals surface area (Å²) < 4.78 is 5.46. The number of hydrogen-bond acceptors (Lipinski definition) is 6. The van der Waals surface area contributed by atoms with Gasteiger partial charge in [0.15, 0.2) is 0 Å². The molecule has 0 aliphatic rings. The molecule has 2 heterocycles. The Morgan fingerprint density at radius 1 is 1.24 bits per heavy atom. The van der Waals surface area contributed by atoms with E-state index < -0.39 is 0 Å². The van der Waals surface area contributed by atoms with Crippen LogP contribution in [0.5, 0.6) is 0 Å². The van der Waals surface area contributed by atoms with Gasteiger partial charge in [-0.2, -0.15) is 5.10 Å². The van der Waals surface area contributed by atoms with Gasteiger partial charge in [-0.1, -0.05) is 6.92 Å². The molecule has 0 saturated carbocycles. The van der Waals surface area contributed by atoms with E-state index in [0.717, 1.165) is 23.6 Å². The Bertz CT molecular complexity index is 508. The number of aromatic nitrogens is 4. The first-order chi connectivity index (χ1) is 8.19. The highest BCUT2D eigenvalue weighted by Gasteiger charge is 2.04. The molecule has 0 atom stereocenters. The van der Waals surface area contributed by atoms with E-state index in [2.05, 4.69) is 25.5 Å². The third-order valence-corrected chi connectivity index (χ3v) is 2.44. The molecule has 6 heteroatoms. The minimum Gasteiger partial charge on any atom is -0.444 e. The Morgan fingerprint density at radius 3 is 2.71 bits per heavy atom. The Labute approximate surface area is 99.5 Å². The molecule has 0 bridgehead atoms. The Balaban J connectivity index is 1.99. The lowest BCUT2D eigenvalue weighted by molar-refractivity contribution is 0.465. The van der Waals surface area contributed by atoms with Gasteiger partial charge in [0.1, 0.15) is 5.76 Å². The van der Waals surface area contributed by atoms with Gasteiger partial charge in [0, 0.05) is 6.42 Å². The van der Waals surface area contributed by atoms with Crippen molar-refractivity contribution >= 4 is 5.95 Å². The van der Waals surface area contributed by atoms with Gasteiger partial charge in [0.05, 0.1) is 24.1 Å². The molecule has 2 aromatic rings. The van der Waals surface area contributed by atoms with Crippen LogP contribution in [-0.2, 0) is 13.0 Å². The highest BCUT2D eigenvalue weighted by atomic mass is 16.4. The first-order valence-corrected chi connectivity index (χ1v) is 5.54. The summed E-state index contributed by atoms with van der Waals surface area (Å²) in [6.07, 6.45) is 2.57. The molecular formula is C11H15N5O. The quantitative estimate of drug-likeness (QED) is 0.865. The summed E-state index contributed by atoms with van der Waals surface area (Å²) in [5.74, 6) is 1.99. The predicted molar refractivity (Wildman–Crippen MR) is 62.5 cm³/mol. The van der Waals surface area contributed by atoms with E-state index in [1.54, 1.807) is 6.20 Å². The summed E-state index contributed by atoms with van der Waals surface area (Å²) in [6.45, 7) is 6.26. The van der Waals surface area contributed by atoms with Gasteiger partial charge in [-0.3, -0.25) is 0 Å².